The van der Waals surface area contributed by atoms with Gasteiger partial charge in [-0.05, 0) is 50.6 Å². The maximum Gasteiger partial charge on any atom is 0.264 e. The number of hydrogen-bond acceptors (Lipinski definition) is 3. The molecule has 2 aromatic carbocycles. The molecule has 0 heterocycles. The summed E-state index contributed by atoms with van der Waals surface area (Å²) in [6, 6.07) is 15.3. The highest BCUT2D eigenvalue weighted by atomic mass is 32.2. The molecule has 0 saturated heterocycles. The smallest absolute Gasteiger partial charge is 0.264 e. The lowest BCUT2D eigenvalue weighted by Crippen LogP contribution is -2.30. The second kappa shape index (κ2) is 6.10. The Balaban J connectivity index is 2.41. The van der Waals surface area contributed by atoms with E-state index in [1.165, 1.54) is 4.31 Å². The Morgan fingerprint density at radius 2 is 1.55 bits per heavy atom. The molecule has 0 unspecified atom stereocenters. The van der Waals surface area contributed by atoms with E-state index in [1.54, 1.807) is 75.4 Å². The Labute approximate surface area is 132 Å². The fraction of sp³-hybridized carbons (Fsp3) is 0.294. The third-order valence-electron chi connectivity index (χ3n) is 3.48. The molecule has 22 heavy (non-hydrogen) atoms. The average Bonchev–Trinajstić information content (AvgIpc) is 2.48. The topological polar surface area (TPSA) is 57.6 Å². The number of anilines is 1. The molecule has 0 amide bonds. The summed E-state index contributed by atoms with van der Waals surface area (Å²) in [5.41, 5.74) is 0.372. The monoisotopic (exact) mass is 319 g/mol. The molecule has 0 spiro atoms. The Bertz CT molecular complexity index is 717. The predicted octanol–water partition coefficient (Wildman–Crippen LogP) is 3.13. The second-order valence-electron chi connectivity index (χ2n) is 5.59. The molecule has 4 nitrogen and oxygen atoms in total. The zero-order valence-corrected chi connectivity index (χ0v) is 13.8. The molecule has 0 aliphatic heterocycles. The maximum absolute atomic E-state index is 12.7. The zero-order valence-electron chi connectivity index (χ0n) is 13.0. The van der Waals surface area contributed by atoms with E-state index in [0.717, 1.165) is 5.56 Å². The van der Waals surface area contributed by atoms with Gasteiger partial charge in [0.1, 0.15) is 0 Å². The average molecular weight is 319 g/mol. The zero-order chi connectivity index (χ0) is 16.4. The SMILES string of the molecule is CCN(c1ccc(C(C)(C)O)cc1)S(=O)(=O)c1ccccc1. The number of rotatable bonds is 5. The van der Waals surface area contributed by atoms with Crippen LogP contribution in [0.1, 0.15) is 26.3 Å². The molecule has 0 atom stereocenters. The summed E-state index contributed by atoms with van der Waals surface area (Å²) in [6.07, 6.45) is 0. The summed E-state index contributed by atoms with van der Waals surface area (Å²) >= 11 is 0. The molecule has 0 bridgehead atoms. The van der Waals surface area contributed by atoms with Crippen molar-refractivity contribution in [1.29, 1.82) is 0 Å². The van der Waals surface area contributed by atoms with E-state index in [2.05, 4.69) is 0 Å². The Kier molecular flexibility index (Phi) is 4.58. The van der Waals surface area contributed by atoms with Gasteiger partial charge in [-0.3, -0.25) is 4.31 Å². The Morgan fingerprint density at radius 1 is 1.00 bits per heavy atom. The van der Waals surface area contributed by atoms with Crippen LogP contribution in [-0.4, -0.2) is 20.1 Å². The first kappa shape index (κ1) is 16.5. The summed E-state index contributed by atoms with van der Waals surface area (Å²) in [5.74, 6) is 0. The van der Waals surface area contributed by atoms with Crippen LogP contribution in [0.5, 0.6) is 0 Å². The van der Waals surface area contributed by atoms with Crippen LogP contribution in [0.15, 0.2) is 59.5 Å². The van der Waals surface area contributed by atoms with Gasteiger partial charge in [-0.25, -0.2) is 8.42 Å². The maximum atomic E-state index is 12.7. The van der Waals surface area contributed by atoms with Gasteiger partial charge in [0.2, 0.25) is 0 Å². The lowest BCUT2D eigenvalue weighted by molar-refractivity contribution is 0.0786. The van der Waals surface area contributed by atoms with Crippen molar-refractivity contribution in [3.63, 3.8) is 0 Å². The molecule has 0 saturated carbocycles. The van der Waals surface area contributed by atoms with Gasteiger partial charge >= 0.3 is 0 Å². The van der Waals surface area contributed by atoms with Crippen LogP contribution < -0.4 is 4.31 Å². The van der Waals surface area contributed by atoms with Crippen LogP contribution in [-0.2, 0) is 15.6 Å². The van der Waals surface area contributed by atoms with E-state index < -0.39 is 15.6 Å². The Morgan fingerprint density at radius 3 is 2.00 bits per heavy atom. The lowest BCUT2D eigenvalue weighted by atomic mass is 9.98. The highest BCUT2D eigenvalue weighted by Gasteiger charge is 2.24. The van der Waals surface area contributed by atoms with Gasteiger partial charge in [0.25, 0.3) is 10.0 Å². The van der Waals surface area contributed by atoms with Gasteiger partial charge < -0.3 is 5.11 Å². The van der Waals surface area contributed by atoms with Gasteiger partial charge in [-0.1, -0.05) is 30.3 Å². The van der Waals surface area contributed by atoms with Crippen LogP contribution in [0, 0.1) is 0 Å². The van der Waals surface area contributed by atoms with E-state index in [-0.39, 0.29) is 4.90 Å². The van der Waals surface area contributed by atoms with Gasteiger partial charge in [-0.15, -0.1) is 0 Å². The number of nitrogens with zero attached hydrogens (tertiary/aromatic N) is 1. The molecule has 1 N–H and O–H groups in total. The highest BCUT2D eigenvalue weighted by Crippen LogP contribution is 2.26. The number of sulfonamides is 1. The van der Waals surface area contributed by atoms with Crippen LogP contribution in [0.3, 0.4) is 0 Å². The second-order valence-corrected chi connectivity index (χ2v) is 7.45. The number of aliphatic hydroxyl groups is 1. The largest absolute Gasteiger partial charge is 0.386 e. The predicted molar refractivity (Wildman–Crippen MR) is 88.3 cm³/mol. The van der Waals surface area contributed by atoms with Crippen molar-refractivity contribution < 1.29 is 13.5 Å². The van der Waals surface area contributed by atoms with E-state index >= 15 is 0 Å². The van der Waals surface area contributed by atoms with Crippen molar-refractivity contribution in [1.82, 2.24) is 0 Å². The third-order valence-corrected chi connectivity index (χ3v) is 5.40. The van der Waals surface area contributed by atoms with Crippen molar-refractivity contribution in [3.8, 4) is 0 Å². The minimum Gasteiger partial charge on any atom is -0.386 e. The normalized spacial score (nSPS) is 12.2. The van der Waals surface area contributed by atoms with E-state index in [1.807, 2.05) is 0 Å². The third kappa shape index (κ3) is 3.31. The first-order valence-electron chi connectivity index (χ1n) is 7.17. The van der Waals surface area contributed by atoms with Gasteiger partial charge in [0.05, 0.1) is 16.2 Å². The number of benzene rings is 2. The minimum absolute atomic E-state index is 0.267. The molecular formula is C17H21NO3S. The van der Waals surface area contributed by atoms with Crippen LogP contribution in [0.2, 0.25) is 0 Å². The highest BCUT2D eigenvalue weighted by molar-refractivity contribution is 7.92. The van der Waals surface area contributed by atoms with Crippen molar-refractivity contribution >= 4 is 15.7 Å². The molecule has 0 aliphatic rings. The molecule has 2 aromatic rings. The van der Waals surface area contributed by atoms with Gasteiger partial charge in [0.15, 0.2) is 0 Å². The summed E-state index contributed by atoms with van der Waals surface area (Å²) < 4.78 is 26.8. The van der Waals surface area contributed by atoms with Crippen LogP contribution in [0.4, 0.5) is 5.69 Å². The molecular weight excluding hydrogens is 298 g/mol. The minimum atomic E-state index is -3.58. The van der Waals surface area contributed by atoms with E-state index in [4.69, 9.17) is 0 Å². The fourth-order valence-electron chi connectivity index (χ4n) is 2.25. The molecule has 0 aromatic heterocycles. The summed E-state index contributed by atoms with van der Waals surface area (Å²) in [6.45, 7) is 5.52. The van der Waals surface area contributed by atoms with Gasteiger partial charge in [0, 0.05) is 6.54 Å². The van der Waals surface area contributed by atoms with Crippen LogP contribution >= 0.6 is 0 Å². The van der Waals surface area contributed by atoms with Gasteiger partial charge in [-0.2, -0.15) is 0 Å². The van der Waals surface area contributed by atoms with Crippen molar-refractivity contribution in [2.45, 2.75) is 31.3 Å². The molecule has 2 rings (SSSR count). The number of hydrogen-bond donors (Lipinski definition) is 1. The molecule has 0 aliphatic carbocycles. The quantitative estimate of drug-likeness (QED) is 0.921. The lowest BCUT2D eigenvalue weighted by Gasteiger charge is -2.24. The van der Waals surface area contributed by atoms with E-state index in [0.29, 0.717) is 12.2 Å². The standard InChI is InChI=1S/C17H21NO3S/c1-4-18(22(20,21)16-8-6-5-7-9-16)15-12-10-14(11-13-15)17(2,3)19/h5-13,19H,4H2,1-3H3. The summed E-state index contributed by atoms with van der Waals surface area (Å²) in [5, 5.41) is 9.98. The first-order valence-corrected chi connectivity index (χ1v) is 8.61. The van der Waals surface area contributed by atoms with Crippen molar-refractivity contribution in [3.05, 3.63) is 60.2 Å². The summed E-state index contributed by atoms with van der Waals surface area (Å²) in [7, 11) is -3.58. The molecule has 118 valence electrons. The Hall–Kier alpha value is -1.85. The van der Waals surface area contributed by atoms with Crippen molar-refractivity contribution in [2.24, 2.45) is 0 Å². The van der Waals surface area contributed by atoms with Crippen molar-refractivity contribution in [2.75, 3.05) is 10.8 Å². The van der Waals surface area contributed by atoms with Crippen LogP contribution in [0.25, 0.3) is 0 Å². The fourth-order valence-corrected chi connectivity index (χ4v) is 3.74. The molecule has 5 heteroatoms. The molecule has 0 fully saturated rings. The molecule has 0 radical (unpaired) electrons. The summed E-state index contributed by atoms with van der Waals surface area (Å²) in [4.78, 5) is 0.267. The van der Waals surface area contributed by atoms with E-state index in [9.17, 15) is 13.5 Å². The first-order chi connectivity index (χ1) is 10.3.